The SMILES string of the molecule is COc1ccc(C(C)(O)C#Cc2ccccc2)cc1. The van der Waals surface area contributed by atoms with Crippen molar-refractivity contribution in [1.29, 1.82) is 0 Å². The van der Waals surface area contributed by atoms with E-state index in [-0.39, 0.29) is 0 Å². The van der Waals surface area contributed by atoms with Crippen LogP contribution in [0.25, 0.3) is 0 Å². The van der Waals surface area contributed by atoms with E-state index in [9.17, 15) is 5.11 Å². The highest BCUT2D eigenvalue weighted by Crippen LogP contribution is 2.22. The van der Waals surface area contributed by atoms with Crippen molar-refractivity contribution in [3.8, 4) is 17.6 Å². The molecule has 0 aliphatic heterocycles. The number of hydrogen-bond acceptors (Lipinski definition) is 2. The molecule has 1 atom stereocenters. The average molecular weight is 252 g/mol. The minimum absolute atomic E-state index is 0.747. The molecule has 1 unspecified atom stereocenters. The molecule has 96 valence electrons. The molecule has 2 heteroatoms. The maximum absolute atomic E-state index is 10.4. The summed E-state index contributed by atoms with van der Waals surface area (Å²) in [5, 5.41) is 10.4. The zero-order valence-corrected chi connectivity index (χ0v) is 11.1. The normalized spacial score (nSPS) is 13.0. The predicted molar refractivity (Wildman–Crippen MR) is 75.9 cm³/mol. The second-order valence-corrected chi connectivity index (χ2v) is 4.42. The van der Waals surface area contributed by atoms with Crippen LogP contribution in [-0.2, 0) is 5.60 Å². The fourth-order valence-corrected chi connectivity index (χ4v) is 1.70. The lowest BCUT2D eigenvalue weighted by atomic mass is 9.96. The van der Waals surface area contributed by atoms with Crippen LogP contribution in [-0.4, -0.2) is 12.2 Å². The van der Waals surface area contributed by atoms with E-state index in [0.717, 1.165) is 16.9 Å². The van der Waals surface area contributed by atoms with Gasteiger partial charge < -0.3 is 9.84 Å². The summed E-state index contributed by atoms with van der Waals surface area (Å²) in [5.74, 6) is 6.63. The van der Waals surface area contributed by atoms with Gasteiger partial charge in [0, 0.05) is 5.56 Å². The maximum atomic E-state index is 10.4. The molecule has 2 rings (SSSR count). The highest BCUT2D eigenvalue weighted by atomic mass is 16.5. The van der Waals surface area contributed by atoms with Crippen molar-refractivity contribution in [2.75, 3.05) is 7.11 Å². The number of hydrogen-bond donors (Lipinski definition) is 1. The molecule has 1 N–H and O–H groups in total. The van der Waals surface area contributed by atoms with Gasteiger partial charge in [-0.2, -0.15) is 0 Å². The third-order valence-corrected chi connectivity index (χ3v) is 2.88. The summed E-state index contributed by atoms with van der Waals surface area (Å²) < 4.78 is 5.09. The van der Waals surface area contributed by atoms with E-state index in [1.807, 2.05) is 54.6 Å². The Kier molecular flexibility index (Phi) is 3.89. The Hall–Kier alpha value is -2.24. The minimum Gasteiger partial charge on any atom is -0.497 e. The molecule has 0 amide bonds. The predicted octanol–water partition coefficient (Wildman–Crippen LogP) is 2.95. The number of methoxy groups -OCH3 is 1. The Bertz CT molecular complexity index is 587. The first kappa shape index (κ1) is 13.2. The summed E-state index contributed by atoms with van der Waals surface area (Å²) in [6.45, 7) is 1.69. The van der Waals surface area contributed by atoms with Gasteiger partial charge in [-0.25, -0.2) is 0 Å². The number of ether oxygens (including phenoxy) is 1. The van der Waals surface area contributed by atoms with E-state index in [1.54, 1.807) is 14.0 Å². The Morgan fingerprint density at radius 3 is 2.21 bits per heavy atom. The summed E-state index contributed by atoms with van der Waals surface area (Å²) in [6, 6.07) is 16.9. The highest BCUT2D eigenvalue weighted by molar-refractivity contribution is 5.40. The highest BCUT2D eigenvalue weighted by Gasteiger charge is 2.19. The lowest BCUT2D eigenvalue weighted by Crippen LogP contribution is -2.18. The molecule has 2 aromatic rings. The minimum atomic E-state index is -1.18. The van der Waals surface area contributed by atoms with Gasteiger partial charge in [-0.1, -0.05) is 42.2 Å². The lowest BCUT2D eigenvalue weighted by Gasteiger charge is -2.17. The second-order valence-electron chi connectivity index (χ2n) is 4.42. The van der Waals surface area contributed by atoms with Crippen LogP contribution in [0.15, 0.2) is 54.6 Å². The summed E-state index contributed by atoms with van der Waals surface area (Å²) in [7, 11) is 1.61. The quantitative estimate of drug-likeness (QED) is 0.833. The molecular formula is C17H16O2. The topological polar surface area (TPSA) is 29.5 Å². The van der Waals surface area contributed by atoms with Crippen molar-refractivity contribution >= 4 is 0 Å². The molecule has 0 fully saturated rings. The summed E-state index contributed by atoms with van der Waals surface area (Å²) in [6.07, 6.45) is 0. The van der Waals surface area contributed by atoms with Crippen LogP contribution < -0.4 is 4.74 Å². The van der Waals surface area contributed by atoms with Crippen molar-refractivity contribution in [2.45, 2.75) is 12.5 Å². The van der Waals surface area contributed by atoms with Gasteiger partial charge in [-0.3, -0.25) is 0 Å². The Balaban J connectivity index is 2.24. The monoisotopic (exact) mass is 252 g/mol. The van der Waals surface area contributed by atoms with Crippen molar-refractivity contribution < 1.29 is 9.84 Å². The molecule has 0 saturated carbocycles. The van der Waals surface area contributed by atoms with E-state index >= 15 is 0 Å². The van der Waals surface area contributed by atoms with Gasteiger partial charge >= 0.3 is 0 Å². The van der Waals surface area contributed by atoms with E-state index in [1.165, 1.54) is 0 Å². The van der Waals surface area contributed by atoms with Crippen molar-refractivity contribution in [3.05, 3.63) is 65.7 Å². The van der Waals surface area contributed by atoms with Gasteiger partial charge in [0.05, 0.1) is 7.11 Å². The zero-order chi connectivity index (χ0) is 13.7. The lowest BCUT2D eigenvalue weighted by molar-refractivity contribution is 0.122. The van der Waals surface area contributed by atoms with E-state index in [2.05, 4.69) is 11.8 Å². The first-order valence-electron chi connectivity index (χ1n) is 6.07. The fraction of sp³-hybridized carbons (Fsp3) is 0.176. The Morgan fingerprint density at radius 1 is 1.00 bits per heavy atom. The largest absolute Gasteiger partial charge is 0.497 e. The van der Waals surface area contributed by atoms with Crippen molar-refractivity contribution in [3.63, 3.8) is 0 Å². The average Bonchev–Trinajstić information content (AvgIpc) is 2.46. The summed E-state index contributed by atoms with van der Waals surface area (Å²) >= 11 is 0. The van der Waals surface area contributed by atoms with Crippen molar-refractivity contribution in [2.24, 2.45) is 0 Å². The van der Waals surface area contributed by atoms with Crippen LogP contribution in [0.2, 0.25) is 0 Å². The summed E-state index contributed by atoms with van der Waals surface area (Å²) in [5.41, 5.74) is 0.454. The molecule has 0 aliphatic rings. The molecule has 0 heterocycles. The smallest absolute Gasteiger partial charge is 0.148 e. The molecule has 19 heavy (non-hydrogen) atoms. The molecule has 0 spiro atoms. The van der Waals surface area contributed by atoms with Gasteiger partial charge in [0.2, 0.25) is 0 Å². The van der Waals surface area contributed by atoms with Crippen LogP contribution in [0.4, 0.5) is 0 Å². The fourth-order valence-electron chi connectivity index (χ4n) is 1.70. The summed E-state index contributed by atoms with van der Waals surface area (Å²) in [4.78, 5) is 0. The maximum Gasteiger partial charge on any atom is 0.148 e. The second kappa shape index (κ2) is 5.60. The number of benzene rings is 2. The van der Waals surface area contributed by atoms with Crippen molar-refractivity contribution in [1.82, 2.24) is 0 Å². The Morgan fingerprint density at radius 2 is 1.63 bits per heavy atom. The molecule has 0 aliphatic carbocycles. The Labute approximate surface area is 113 Å². The van der Waals surface area contributed by atoms with Crippen LogP contribution in [0, 0.1) is 11.8 Å². The van der Waals surface area contributed by atoms with Crippen LogP contribution in [0.5, 0.6) is 5.75 Å². The molecule has 0 bridgehead atoms. The van der Waals surface area contributed by atoms with E-state index in [4.69, 9.17) is 4.74 Å². The third kappa shape index (κ3) is 3.37. The van der Waals surface area contributed by atoms with Crippen LogP contribution in [0.3, 0.4) is 0 Å². The van der Waals surface area contributed by atoms with Gasteiger partial charge in [0.1, 0.15) is 11.4 Å². The number of aliphatic hydroxyl groups is 1. The molecule has 2 aromatic carbocycles. The number of rotatable bonds is 2. The third-order valence-electron chi connectivity index (χ3n) is 2.88. The zero-order valence-electron chi connectivity index (χ0n) is 11.1. The molecule has 0 aromatic heterocycles. The molecule has 0 radical (unpaired) electrons. The van der Waals surface area contributed by atoms with Crippen LogP contribution >= 0.6 is 0 Å². The van der Waals surface area contributed by atoms with E-state index < -0.39 is 5.60 Å². The van der Waals surface area contributed by atoms with Gasteiger partial charge in [0.25, 0.3) is 0 Å². The standard InChI is InChI=1S/C17H16O2/c1-17(18,13-12-14-6-4-3-5-7-14)15-8-10-16(19-2)11-9-15/h3-11,18H,1-2H3. The first-order chi connectivity index (χ1) is 9.12. The van der Waals surface area contributed by atoms with E-state index in [0.29, 0.717) is 0 Å². The van der Waals surface area contributed by atoms with Gasteiger partial charge in [-0.05, 0) is 36.8 Å². The molecular weight excluding hydrogens is 236 g/mol. The van der Waals surface area contributed by atoms with Gasteiger partial charge in [0.15, 0.2) is 0 Å². The van der Waals surface area contributed by atoms with Gasteiger partial charge in [-0.15, -0.1) is 0 Å². The van der Waals surface area contributed by atoms with Crippen LogP contribution in [0.1, 0.15) is 18.1 Å². The molecule has 2 nitrogen and oxygen atoms in total. The molecule has 0 saturated heterocycles. The first-order valence-corrected chi connectivity index (χ1v) is 6.07.